The fourth-order valence-corrected chi connectivity index (χ4v) is 5.65. The van der Waals surface area contributed by atoms with Crippen LogP contribution >= 0.6 is 21.6 Å². The molecule has 0 radical (unpaired) electrons. The normalized spacial score (nSPS) is 13.9. The van der Waals surface area contributed by atoms with E-state index in [2.05, 4.69) is 16.0 Å². The fraction of sp³-hybridized carbons (Fsp3) is 0.583. The van der Waals surface area contributed by atoms with Crippen molar-refractivity contribution in [3.63, 3.8) is 0 Å². The highest BCUT2D eigenvalue weighted by Crippen LogP contribution is 2.24. The lowest BCUT2D eigenvalue weighted by Crippen LogP contribution is -2.58. The highest BCUT2D eigenvalue weighted by Gasteiger charge is 2.40. The molecule has 0 aromatic rings. The summed E-state index contributed by atoms with van der Waals surface area (Å²) in [5.41, 5.74) is 10.7. The molecule has 11 N–H and O–H groups in total. The van der Waals surface area contributed by atoms with Gasteiger partial charge in [0.15, 0.2) is 11.8 Å². The highest BCUT2D eigenvalue weighted by atomic mass is 33.1. The topological polar surface area (TPSA) is 343 Å². The molecular formula is C24H36N6O14S2. The molecule has 5 atom stereocenters. The zero-order valence-electron chi connectivity index (χ0n) is 24.6. The number of rotatable bonds is 22. The summed E-state index contributed by atoms with van der Waals surface area (Å²) in [6, 6.07) is -8.06. The zero-order valence-corrected chi connectivity index (χ0v) is 26.3. The molecule has 20 nitrogen and oxygen atoms in total. The molecule has 0 heterocycles. The minimum Gasteiger partial charge on any atom is -0.480 e. The largest absolute Gasteiger partial charge is 0.480 e. The van der Waals surface area contributed by atoms with Gasteiger partial charge in [-0.05, 0) is 19.8 Å². The Kier molecular flexibility index (Phi) is 18.8. The molecule has 1 unspecified atom stereocenters. The molecule has 5 amide bonds. The summed E-state index contributed by atoms with van der Waals surface area (Å²) >= 11 is 0. The van der Waals surface area contributed by atoms with Crippen LogP contribution in [0, 0.1) is 0 Å². The van der Waals surface area contributed by atoms with Crippen molar-refractivity contribution in [2.24, 2.45) is 11.5 Å². The molecule has 0 rings (SSSR count). The first kappa shape index (κ1) is 41.7. The lowest BCUT2D eigenvalue weighted by Gasteiger charge is -2.28. The second-order valence-corrected chi connectivity index (χ2v) is 12.0. The quantitative estimate of drug-likeness (QED) is 0.0299. The van der Waals surface area contributed by atoms with E-state index in [-0.39, 0.29) is 23.5 Å². The number of ketones is 1. The van der Waals surface area contributed by atoms with E-state index in [9.17, 15) is 53.1 Å². The fourth-order valence-electron chi connectivity index (χ4n) is 3.33. The Labute approximate surface area is 269 Å². The maximum atomic E-state index is 13.3. The van der Waals surface area contributed by atoms with Gasteiger partial charge in [-0.15, -0.1) is 0 Å². The van der Waals surface area contributed by atoms with Crippen molar-refractivity contribution in [2.75, 3.05) is 18.1 Å². The molecule has 0 aliphatic heterocycles. The van der Waals surface area contributed by atoms with E-state index < -0.39 is 115 Å². The van der Waals surface area contributed by atoms with Crippen molar-refractivity contribution < 1.29 is 68.4 Å². The van der Waals surface area contributed by atoms with Crippen molar-refractivity contribution in [1.82, 2.24) is 20.9 Å². The second kappa shape index (κ2) is 20.7. The van der Waals surface area contributed by atoms with E-state index in [1.807, 2.05) is 0 Å². The number of nitrogens with one attached hydrogen (secondary N) is 3. The Morgan fingerprint density at radius 1 is 0.696 bits per heavy atom. The van der Waals surface area contributed by atoms with Crippen LogP contribution in [0.5, 0.6) is 0 Å². The number of carbonyl (C=O) groups excluding carboxylic acids is 6. The number of nitrogens with zero attached hydrogens (tertiary/aromatic N) is 1. The van der Waals surface area contributed by atoms with Crippen molar-refractivity contribution >= 4 is 80.8 Å². The van der Waals surface area contributed by atoms with E-state index in [1.165, 1.54) is 0 Å². The van der Waals surface area contributed by atoms with Gasteiger partial charge in [-0.2, -0.15) is 0 Å². The number of amides is 5. The number of carbonyl (C=O) groups is 10. The highest BCUT2D eigenvalue weighted by molar-refractivity contribution is 8.76. The van der Waals surface area contributed by atoms with Crippen LogP contribution in [0.15, 0.2) is 0 Å². The van der Waals surface area contributed by atoms with Gasteiger partial charge >= 0.3 is 23.9 Å². The van der Waals surface area contributed by atoms with Crippen molar-refractivity contribution in [1.29, 1.82) is 0 Å². The Morgan fingerprint density at radius 2 is 1.13 bits per heavy atom. The smallest absolute Gasteiger partial charge is 0.334 e. The molecule has 0 bridgehead atoms. The molecule has 0 saturated carbocycles. The van der Waals surface area contributed by atoms with Crippen LogP contribution in [0.4, 0.5) is 0 Å². The van der Waals surface area contributed by atoms with Crippen molar-refractivity contribution in [2.45, 2.75) is 69.7 Å². The molecule has 0 spiro atoms. The van der Waals surface area contributed by atoms with E-state index in [4.69, 9.17) is 26.8 Å². The predicted molar refractivity (Wildman–Crippen MR) is 159 cm³/mol. The van der Waals surface area contributed by atoms with Gasteiger partial charge in [0.2, 0.25) is 23.6 Å². The summed E-state index contributed by atoms with van der Waals surface area (Å²) in [6.45, 7) is 0.839. The van der Waals surface area contributed by atoms with Gasteiger partial charge in [0.1, 0.15) is 30.7 Å². The van der Waals surface area contributed by atoms with E-state index in [0.717, 1.165) is 35.4 Å². The second-order valence-electron chi connectivity index (χ2n) is 9.47. The molecule has 0 saturated heterocycles. The lowest BCUT2D eigenvalue weighted by molar-refractivity contribution is -0.161. The standard InChI is InChI=1S/C24H36N6O14S2/c1-10(31)19(24(43)44)30(11(2)32)21(38)15(29-17(34)6-4-13(26)23(41)42)9-46-45-8-14(20(37)27-7-18(35)36)28-16(33)5-3-12(25)22(39)40/h12-15,19H,3-9,25-26H2,1-2H3,(H,27,37)(H,28,33)(H,29,34)(H,35,36)(H,39,40)(H,41,42)(H,43,44)/t12-,13-,14-,15-,19?/m0/s1. The van der Waals surface area contributed by atoms with E-state index in [1.54, 1.807) is 0 Å². The number of carboxylic acids is 4. The Hall–Kier alpha value is -4.28. The summed E-state index contributed by atoms with van der Waals surface area (Å²) in [5, 5.41) is 42.7. The number of carboxylic acid groups (broad SMARTS) is 4. The molecule has 46 heavy (non-hydrogen) atoms. The summed E-state index contributed by atoms with van der Waals surface area (Å²) in [5.74, 6) is -12.8. The van der Waals surface area contributed by atoms with Gasteiger partial charge in [0, 0.05) is 31.3 Å². The maximum absolute atomic E-state index is 13.3. The zero-order chi connectivity index (χ0) is 35.7. The van der Waals surface area contributed by atoms with Gasteiger partial charge in [0.05, 0.1) is 0 Å². The average Bonchev–Trinajstić information content (AvgIpc) is 2.95. The summed E-state index contributed by atoms with van der Waals surface area (Å²) in [7, 11) is 1.60. The van der Waals surface area contributed by atoms with E-state index in [0.29, 0.717) is 0 Å². The molecule has 0 aliphatic rings. The molecule has 0 aromatic heterocycles. The van der Waals surface area contributed by atoms with Crippen LogP contribution in [0.3, 0.4) is 0 Å². The van der Waals surface area contributed by atoms with Crippen molar-refractivity contribution in [3.8, 4) is 0 Å². The molecule has 0 fully saturated rings. The average molecular weight is 697 g/mol. The lowest BCUT2D eigenvalue weighted by atomic mass is 10.1. The van der Waals surface area contributed by atoms with Gasteiger partial charge in [-0.25, -0.2) is 4.79 Å². The first-order chi connectivity index (χ1) is 21.3. The summed E-state index contributed by atoms with van der Waals surface area (Å²) < 4.78 is 0. The first-order valence-electron chi connectivity index (χ1n) is 13.2. The molecule has 0 aromatic carbocycles. The van der Waals surface area contributed by atoms with Gasteiger partial charge < -0.3 is 47.8 Å². The van der Waals surface area contributed by atoms with Crippen LogP contribution < -0.4 is 27.4 Å². The minimum atomic E-state index is -2.23. The molecule has 22 heteroatoms. The van der Waals surface area contributed by atoms with Crippen molar-refractivity contribution in [3.05, 3.63) is 0 Å². The first-order valence-corrected chi connectivity index (χ1v) is 15.6. The monoisotopic (exact) mass is 696 g/mol. The number of imide groups is 1. The Balaban J connectivity index is 5.88. The minimum absolute atomic E-state index is 0.147. The van der Waals surface area contributed by atoms with Gasteiger partial charge in [-0.3, -0.25) is 48.1 Å². The summed E-state index contributed by atoms with van der Waals surface area (Å²) in [6.07, 6.45) is -1.52. The third-order valence-corrected chi connectivity index (χ3v) is 8.13. The van der Waals surface area contributed by atoms with Crippen LogP contribution in [0.2, 0.25) is 0 Å². The van der Waals surface area contributed by atoms with E-state index >= 15 is 0 Å². The number of hydrogen-bond acceptors (Lipinski definition) is 14. The number of hydrogen-bond donors (Lipinski definition) is 9. The maximum Gasteiger partial charge on any atom is 0.334 e. The van der Waals surface area contributed by atoms with Crippen LogP contribution in [0.1, 0.15) is 39.5 Å². The molecule has 0 aliphatic carbocycles. The van der Waals surface area contributed by atoms with Gasteiger partial charge in [-0.1, -0.05) is 21.6 Å². The van der Waals surface area contributed by atoms with Crippen LogP contribution in [-0.4, -0.2) is 133 Å². The van der Waals surface area contributed by atoms with Crippen LogP contribution in [0.25, 0.3) is 0 Å². The Bertz CT molecular complexity index is 1190. The number of Topliss-reactive ketones (excluding diaryl/α,β-unsaturated/α-hetero) is 1. The molecule has 258 valence electrons. The third kappa shape index (κ3) is 15.6. The van der Waals surface area contributed by atoms with Crippen LogP contribution in [-0.2, 0) is 47.9 Å². The third-order valence-electron chi connectivity index (χ3n) is 5.70. The number of aliphatic carboxylic acids is 4. The molecular weight excluding hydrogens is 660 g/mol. The van der Waals surface area contributed by atoms with Gasteiger partial charge in [0.25, 0.3) is 5.91 Å². The predicted octanol–water partition coefficient (Wildman–Crippen LogP) is -3.66. The SMILES string of the molecule is CC(=O)C(C(=O)O)N(C(C)=O)C(=O)[C@H](CSSC[C@H](NC(=O)CC[C@H](N)C(=O)O)C(=O)NCC(=O)O)NC(=O)CC[C@H](N)C(=O)O. The Morgan fingerprint density at radius 3 is 1.50 bits per heavy atom. The number of nitrogens with two attached hydrogens (primary N) is 2. The summed E-state index contributed by atoms with van der Waals surface area (Å²) in [4.78, 5) is 120.